The number of aliphatic hydroxyl groups is 1. The molecule has 0 unspecified atom stereocenters. The minimum atomic E-state index is -0.522. The van der Waals surface area contributed by atoms with E-state index in [1.54, 1.807) is 6.07 Å². The molecule has 1 aromatic heterocycles. The van der Waals surface area contributed by atoms with Crippen LogP contribution in [0.2, 0.25) is 0 Å². The first-order valence-corrected chi connectivity index (χ1v) is 9.61. The second-order valence-corrected chi connectivity index (χ2v) is 6.75. The van der Waals surface area contributed by atoms with Gasteiger partial charge in [-0.15, -0.1) is 0 Å². The van der Waals surface area contributed by atoms with Crippen molar-refractivity contribution in [1.82, 2.24) is 20.1 Å². The number of nitro groups is 1. The van der Waals surface area contributed by atoms with Gasteiger partial charge in [0, 0.05) is 39.3 Å². The van der Waals surface area contributed by atoms with Crippen LogP contribution in [0.3, 0.4) is 0 Å². The molecule has 3 N–H and O–H groups in total. The van der Waals surface area contributed by atoms with Gasteiger partial charge < -0.3 is 25.5 Å². The number of likely N-dealkylation sites (N-methyl/N-ethyl adjacent to an activating group) is 1. The van der Waals surface area contributed by atoms with Crippen LogP contribution in [-0.2, 0) is 0 Å². The fraction of sp³-hybridized carbons (Fsp3) is 0.647. The molecule has 11 nitrogen and oxygen atoms in total. The molecule has 1 aromatic carbocycles. The van der Waals surface area contributed by atoms with E-state index in [0.717, 1.165) is 45.7 Å². The summed E-state index contributed by atoms with van der Waals surface area (Å²) in [6.07, 6.45) is 0.940. The lowest BCUT2D eigenvalue weighted by Gasteiger charge is -2.34. The summed E-state index contributed by atoms with van der Waals surface area (Å²) in [5, 5.41) is 34.2. The molecule has 0 spiro atoms. The van der Waals surface area contributed by atoms with Crippen molar-refractivity contribution >= 4 is 28.1 Å². The van der Waals surface area contributed by atoms with Crippen molar-refractivity contribution in [1.29, 1.82) is 0 Å². The van der Waals surface area contributed by atoms with Crippen molar-refractivity contribution < 1.29 is 14.7 Å². The molecule has 0 atom stereocenters. The molecule has 11 heteroatoms. The first-order valence-electron chi connectivity index (χ1n) is 9.61. The number of nitrogens with zero attached hydrogens (tertiary/aromatic N) is 5. The molecule has 3 rings (SSSR count). The van der Waals surface area contributed by atoms with Crippen LogP contribution in [0.5, 0.6) is 0 Å². The largest absolute Gasteiger partial charge is 0.395 e. The minimum Gasteiger partial charge on any atom is -0.395 e. The van der Waals surface area contributed by atoms with Crippen LogP contribution in [-0.4, -0.2) is 89.1 Å². The van der Waals surface area contributed by atoms with Gasteiger partial charge in [-0.05, 0) is 35.9 Å². The van der Waals surface area contributed by atoms with E-state index in [1.165, 1.54) is 0 Å². The average molecular weight is 393 g/mol. The SMILES string of the molecule is CCN1CCN(CCCNc2cc(NCCO)c([N+](=O)[O-])c3nonc23)CC1. The first-order chi connectivity index (χ1) is 13.6. The highest BCUT2D eigenvalue weighted by molar-refractivity contribution is 5.99. The molecule has 1 fully saturated rings. The maximum absolute atomic E-state index is 11.5. The van der Waals surface area contributed by atoms with Gasteiger partial charge in [0.25, 0.3) is 0 Å². The van der Waals surface area contributed by atoms with Crippen LogP contribution in [0.4, 0.5) is 17.1 Å². The maximum atomic E-state index is 11.5. The van der Waals surface area contributed by atoms with Gasteiger partial charge >= 0.3 is 5.69 Å². The zero-order chi connectivity index (χ0) is 19.9. The zero-order valence-corrected chi connectivity index (χ0v) is 16.1. The molecule has 1 saturated heterocycles. The highest BCUT2D eigenvalue weighted by Crippen LogP contribution is 2.36. The number of aliphatic hydroxyl groups excluding tert-OH is 1. The number of anilines is 2. The maximum Gasteiger partial charge on any atom is 0.323 e. The third-order valence-electron chi connectivity index (χ3n) is 5.00. The lowest BCUT2D eigenvalue weighted by atomic mass is 10.2. The Morgan fingerprint density at radius 2 is 1.82 bits per heavy atom. The van der Waals surface area contributed by atoms with E-state index in [9.17, 15) is 10.1 Å². The number of benzene rings is 1. The summed E-state index contributed by atoms with van der Waals surface area (Å²) in [7, 11) is 0. The van der Waals surface area contributed by atoms with Gasteiger partial charge in [0.05, 0.1) is 17.2 Å². The van der Waals surface area contributed by atoms with Gasteiger partial charge in [0.15, 0.2) is 5.52 Å². The fourth-order valence-electron chi connectivity index (χ4n) is 3.43. The molecule has 0 saturated carbocycles. The van der Waals surface area contributed by atoms with Gasteiger partial charge in [-0.25, -0.2) is 4.63 Å². The molecule has 2 heterocycles. The highest BCUT2D eigenvalue weighted by atomic mass is 16.6. The van der Waals surface area contributed by atoms with E-state index in [-0.39, 0.29) is 30.0 Å². The molecule has 154 valence electrons. The van der Waals surface area contributed by atoms with E-state index in [0.29, 0.717) is 17.7 Å². The van der Waals surface area contributed by atoms with Gasteiger partial charge in [0.2, 0.25) is 5.52 Å². The highest BCUT2D eigenvalue weighted by Gasteiger charge is 2.25. The Morgan fingerprint density at radius 3 is 2.50 bits per heavy atom. The monoisotopic (exact) mass is 393 g/mol. The molecule has 1 aliphatic heterocycles. The van der Waals surface area contributed by atoms with Crippen molar-refractivity contribution in [2.24, 2.45) is 0 Å². The van der Waals surface area contributed by atoms with Crippen molar-refractivity contribution in [2.45, 2.75) is 13.3 Å². The summed E-state index contributed by atoms with van der Waals surface area (Å²) < 4.78 is 4.74. The summed E-state index contributed by atoms with van der Waals surface area (Å²) in [5.74, 6) is 0. The number of fused-ring (bicyclic) bond motifs is 1. The van der Waals surface area contributed by atoms with Crippen LogP contribution in [0.15, 0.2) is 10.7 Å². The Kier molecular flexibility index (Phi) is 6.95. The molecule has 0 amide bonds. The number of rotatable bonds is 10. The normalized spacial score (nSPS) is 15.8. The average Bonchev–Trinajstić information content (AvgIpc) is 3.19. The molecule has 0 bridgehead atoms. The van der Waals surface area contributed by atoms with Crippen molar-refractivity contribution in [3.8, 4) is 0 Å². The fourth-order valence-corrected chi connectivity index (χ4v) is 3.43. The molecule has 0 radical (unpaired) electrons. The third-order valence-corrected chi connectivity index (χ3v) is 5.00. The molecule has 0 aliphatic carbocycles. The summed E-state index contributed by atoms with van der Waals surface area (Å²) in [4.78, 5) is 15.8. The van der Waals surface area contributed by atoms with Crippen LogP contribution >= 0.6 is 0 Å². The number of hydrogen-bond donors (Lipinski definition) is 3. The van der Waals surface area contributed by atoms with Gasteiger partial charge in [-0.1, -0.05) is 6.92 Å². The molecule has 2 aromatic rings. The quantitative estimate of drug-likeness (QED) is 0.305. The van der Waals surface area contributed by atoms with Gasteiger partial charge in [-0.2, -0.15) is 0 Å². The lowest BCUT2D eigenvalue weighted by molar-refractivity contribution is -0.382. The standard InChI is InChI=1S/C17H27N7O4/c1-2-22-7-9-23(10-8-22)6-3-4-18-13-12-14(19-5-11-25)17(24(26)27)16-15(13)20-28-21-16/h12,18-19,25H,2-11H2,1H3. The Morgan fingerprint density at radius 1 is 1.14 bits per heavy atom. The predicted octanol–water partition coefficient (Wildman–Crippen LogP) is 0.975. The molecule has 1 aliphatic rings. The second-order valence-electron chi connectivity index (χ2n) is 6.75. The lowest BCUT2D eigenvalue weighted by Crippen LogP contribution is -2.46. The van der Waals surface area contributed by atoms with Crippen LogP contribution in [0, 0.1) is 10.1 Å². The predicted molar refractivity (Wildman–Crippen MR) is 106 cm³/mol. The molecule has 28 heavy (non-hydrogen) atoms. The first kappa shape index (κ1) is 20.2. The van der Waals surface area contributed by atoms with E-state index in [4.69, 9.17) is 9.74 Å². The smallest absolute Gasteiger partial charge is 0.323 e. The summed E-state index contributed by atoms with van der Waals surface area (Å²) in [6.45, 7) is 9.42. The van der Waals surface area contributed by atoms with E-state index in [1.807, 2.05) is 0 Å². The molecular weight excluding hydrogens is 366 g/mol. The Hall–Kier alpha value is -2.50. The summed E-state index contributed by atoms with van der Waals surface area (Å²) in [6, 6.07) is 1.63. The number of nitrogens with one attached hydrogen (secondary N) is 2. The van der Waals surface area contributed by atoms with Crippen molar-refractivity contribution in [3.05, 3.63) is 16.2 Å². The van der Waals surface area contributed by atoms with Crippen LogP contribution in [0.25, 0.3) is 11.0 Å². The summed E-state index contributed by atoms with van der Waals surface area (Å²) in [5.41, 5.74) is 1.12. The third kappa shape index (κ3) is 4.66. The summed E-state index contributed by atoms with van der Waals surface area (Å²) >= 11 is 0. The number of aromatic nitrogens is 2. The zero-order valence-electron chi connectivity index (χ0n) is 16.1. The van der Waals surface area contributed by atoms with Crippen molar-refractivity contribution in [3.63, 3.8) is 0 Å². The topological polar surface area (TPSA) is 133 Å². The van der Waals surface area contributed by atoms with E-state index in [2.05, 4.69) is 37.7 Å². The number of hydrogen-bond acceptors (Lipinski definition) is 10. The van der Waals surface area contributed by atoms with Crippen LogP contribution < -0.4 is 10.6 Å². The molecular formula is C17H27N7O4. The van der Waals surface area contributed by atoms with Crippen molar-refractivity contribution in [2.75, 3.05) is 69.6 Å². The Labute approximate surface area is 162 Å². The number of nitro benzene ring substituents is 1. The van der Waals surface area contributed by atoms with Gasteiger partial charge in [-0.3, -0.25) is 10.1 Å². The Bertz CT molecular complexity index is 789. The number of piperazine rings is 1. The van der Waals surface area contributed by atoms with E-state index < -0.39 is 4.92 Å². The van der Waals surface area contributed by atoms with Gasteiger partial charge in [0.1, 0.15) is 5.69 Å². The van der Waals surface area contributed by atoms with E-state index >= 15 is 0 Å². The Balaban J connectivity index is 1.63. The van der Waals surface area contributed by atoms with Crippen LogP contribution in [0.1, 0.15) is 13.3 Å². The second kappa shape index (κ2) is 9.62. The minimum absolute atomic E-state index is 0.0890.